The summed E-state index contributed by atoms with van der Waals surface area (Å²) < 4.78 is 12.6. The van der Waals surface area contributed by atoms with Crippen LogP contribution >= 0.6 is 0 Å². The van der Waals surface area contributed by atoms with E-state index in [0.29, 0.717) is 29.0 Å². The van der Waals surface area contributed by atoms with E-state index in [-0.39, 0.29) is 5.78 Å². The van der Waals surface area contributed by atoms with Crippen molar-refractivity contribution in [2.75, 3.05) is 0 Å². The summed E-state index contributed by atoms with van der Waals surface area (Å²) >= 11 is 0. The Morgan fingerprint density at radius 3 is 2.35 bits per heavy atom. The minimum absolute atomic E-state index is 0.0635. The van der Waals surface area contributed by atoms with E-state index in [0.717, 1.165) is 16.7 Å². The van der Waals surface area contributed by atoms with Crippen molar-refractivity contribution in [2.24, 2.45) is 5.73 Å². The summed E-state index contributed by atoms with van der Waals surface area (Å²) in [4.78, 5) is 28.1. The summed E-state index contributed by atoms with van der Waals surface area (Å²) in [7, 11) is 0. The first-order chi connectivity index (χ1) is 14.7. The molecule has 1 aromatic heterocycles. The Labute approximate surface area is 181 Å². The summed E-state index contributed by atoms with van der Waals surface area (Å²) in [5.41, 5.74) is 8.33. The topological polar surface area (TPSA) is 91.5 Å². The normalized spacial score (nSPS) is 15.5. The number of rotatable bonds is 5. The Hall–Kier alpha value is -3.67. The third-order valence-electron chi connectivity index (χ3n) is 5.37. The lowest BCUT2D eigenvalue weighted by Crippen LogP contribution is -2.36. The van der Waals surface area contributed by atoms with E-state index in [1.54, 1.807) is 36.7 Å². The smallest absolute Gasteiger partial charge is 0.248 e. The summed E-state index contributed by atoms with van der Waals surface area (Å²) in [6, 6.07) is 14.3. The number of nitrogens with zero attached hydrogens (tertiary/aromatic N) is 1. The van der Waals surface area contributed by atoms with Gasteiger partial charge in [0.15, 0.2) is 5.78 Å². The van der Waals surface area contributed by atoms with Gasteiger partial charge < -0.3 is 15.2 Å². The second-order valence-electron chi connectivity index (χ2n) is 8.29. The van der Waals surface area contributed by atoms with Crippen molar-refractivity contribution >= 4 is 11.7 Å². The molecule has 6 heteroatoms. The van der Waals surface area contributed by atoms with Crippen molar-refractivity contribution < 1.29 is 19.1 Å². The van der Waals surface area contributed by atoms with Crippen molar-refractivity contribution in [1.82, 2.24) is 4.98 Å². The Kier molecular flexibility index (Phi) is 5.23. The van der Waals surface area contributed by atoms with Gasteiger partial charge in [-0.05, 0) is 68.3 Å². The van der Waals surface area contributed by atoms with E-state index in [2.05, 4.69) is 4.98 Å². The van der Waals surface area contributed by atoms with Crippen molar-refractivity contribution in [3.8, 4) is 11.5 Å². The van der Waals surface area contributed by atoms with Gasteiger partial charge in [-0.3, -0.25) is 14.6 Å². The Bertz CT molecular complexity index is 1140. The predicted molar refractivity (Wildman–Crippen MR) is 117 cm³/mol. The molecular formula is C25H24N2O4. The Morgan fingerprint density at radius 1 is 1.06 bits per heavy atom. The zero-order chi connectivity index (χ0) is 22.2. The van der Waals surface area contributed by atoms with Gasteiger partial charge in [0.2, 0.25) is 5.91 Å². The number of hydrogen-bond acceptors (Lipinski definition) is 5. The van der Waals surface area contributed by atoms with Crippen LogP contribution in [0, 0.1) is 6.92 Å². The number of primary amides is 1. The minimum Gasteiger partial charge on any atom is -0.486 e. The van der Waals surface area contributed by atoms with Gasteiger partial charge in [0, 0.05) is 23.5 Å². The Balaban J connectivity index is 1.75. The number of carbonyl (C=O) groups is 2. The zero-order valence-corrected chi connectivity index (χ0v) is 17.7. The number of Topliss-reactive ketones (excluding diaryl/α,β-unsaturated/α-hetero) is 1. The second-order valence-corrected chi connectivity index (χ2v) is 8.29. The first-order valence-electron chi connectivity index (χ1n) is 10.1. The van der Waals surface area contributed by atoms with Crippen molar-refractivity contribution in [3.63, 3.8) is 0 Å². The molecule has 0 fully saturated rings. The number of aromatic nitrogens is 1. The molecule has 0 saturated carbocycles. The molecule has 1 amide bonds. The van der Waals surface area contributed by atoms with E-state index < -0.39 is 17.6 Å². The summed E-state index contributed by atoms with van der Waals surface area (Å²) in [5.74, 6) is 0.762. The molecule has 158 valence electrons. The Morgan fingerprint density at radius 2 is 1.71 bits per heavy atom. The molecule has 0 radical (unpaired) electrons. The molecule has 2 heterocycles. The third kappa shape index (κ3) is 4.14. The van der Waals surface area contributed by atoms with E-state index in [9.17, 15) is 9.59 Å². The fraction of sp³-hybridized carbons (Fsp3) is 0.240. The molecule has 1 atom stereocenters. The van der Waals surface area contributed by atoms with Crippen molar-refractivity contribution in [2.45, 2.75) is 38.9 Å². The highest BCUT2D eigenvalue weighted by molar-refractivity contribution is 6.01. The maximum absolute atomic E-state index is 12.6. The summed E-state index contributed by atoms with van der Waals surface area (Å²) in [5, 5.41) is 0. The van der Waals surface area contributed by atoms with Crippen LogP contribution in [0.5, 0.6) is 11.5 Å². The van der Waals surface area contributed by atoms with Crippen LogP contribution in [0.4, 0.5) is 0 Å². The van der Waals surface area contributed by atoms with Gasteiger partial charge >= 0.3 is 0 Å². The van der Waals surface area contributed by atoms with Crippen LogP contribution in [-0.2, 0) is 0 Å². The summed E-state index contributed by atoms with van der Waals surface area (Å²) in [6.45, 7) is 5.70. The number of benzene rings is 2. The van der Waals surface area contributed by atoms with Crippen LogP contribution in [0.2, 0.25) is 0 Å². The quantitative estimate of drug-likeness (QED) is 0.666. The standard InChI is InChI=1S/C25H24N2O4/c1-15-21(9-8-19-20(28)14-25(2,3)31-22(15)19)30-23(17-10-12-27-13-11-17)16-4-6-18(7-5-16)24(26)29/h4-13,23H,14H2,1-3H3,(H2,26,29)/t23-/m1/s1. The third-order valence-corrected chi connectivity index (χ3v) is 5.37. The molecule has 0 spiro atoms. The number of ether oxygens (including phenoxy) is 2. The molecule has 0 unspecified atom stereocenters. The number of fused-ring (bicyclic) bond motifs is 1. The number of amides is 1. The molecule has 1 aliphatic heterocycles. The van der Waals surface area contributed by atoms with Crippen LogP contribution in [-0.4, -0.2) is 22.3 Å². The molecule has 0 saturated heterocycles. The lowest BCUT2D eigenvalue weighted by molar-refractivity contribution is 0.0612. The zero-order valence-electron chi connectivity index (χ0n) is 17.7. The number of nitrogens with two attached hydrogens (primary N) is 1. The fourth-order valence-corrected chi connectivity index (χ4v) is 3.76. The lowest BCUT2D eigenvalue weighted by Gasteiger charge is -2.33. The highest BCUT2D eigenvalue weighted by atomic mass is 16.5. The first kappa shape index (κ1) is 20.6. The van der Waals surface area contributed by atoms with Gasteiger partial charge in [-0.15, -0.1) is 0 Å². The molecule has 3 aromatic rings. The van der Waals surface area contributed by atoms with Gasteiger partial charge in [-0.25, -0.2) is 0 Å². The van der Waals surface area contributed by atoms with Crippen LogP contribution < -0.4 is 15.2 Å². The predicted octanol–water partition coefficient (Wildman–Crippen LogP) is 4.40. The average molecular weight is 416 g/mol. The van der Waals surface area contributed by atoms with Gasteiger partial charge in [-0.1, -0.05) is 12.1 Å². The number of hydrogen-bond donors (Lipinski definition) is 1. The van der Waals surface area contributed by atoms with Crippen LogP contribution in [0.15, 0.2) is 60.9 Å². The van der Waals surface area contributed by atoms with Gasteiger partial charge in [-0.2, -0.15) is 0 Å². The van der Waals surface area contributed by atoms with Crippen LogP contribution in [0.25, 0.3) is 0 Å². The first-order valence-corrected chi connectivity index (χ1v) is 10.1. The molecule has 31 heavy (non-hydrogen) atoms. The van der Waals surface area contributed by atoms with Gasteiger partial charge in [0.05, 0.1) is 12.0 Å². The molecule has 6 nitrogen and oxygen atoms in total. The number of pyridine rings is 1. The molecule has 2 aromatic carbocycles. The largest absolute Gasteiger partial charge is 0.486 e. The SMILES string of the molecule is Cc1c(O[C@@H](c2ccncc2)c2ccc(C(N)=O)cc2)ccc2c1OC(C)(C)CC2=O. The maximum atomic E-state index is 12.6. The minimum atomic E-state index is -0.567. The van der Waals surface area contributed by atoms with Crippen LogP contribution in [0.3, 0.4) is 0 Å². The number of carbonyl (C=O) groups excluding carboxylic acids is 2. The van der Waals surface area contributed by atoms with Crippen molar-refractivity contribution in [3.05, 3.63) is 88.7 Å². The molecular weight excluding hydrogens is 392 g/mol. The molecule has 0 aliphatic carbocycles. The highest BCUT2D eigenvalue weighted by Gasteiger charge is 2.34. The van der Waals surface area contributed by atoms with E-state index in [4.69, 9.17) is 15.2 Å². The molecule has 2 N–H and O–H groups in total. The highest BCUT2D eigenvalue weighted by Crippen LogP contribution is 2.41. The van der Waals surface area contributed by atoms with Gasteiger partial charge in [0.1, 0.15) is 23.2 Å². The van der Waals surface area contributed by atoms with E-state index in [1.165, 1.54) is 0 Å². The van der Waals surface area contributed by atoms with Crippen molar-refractivity contribution in [1.29, 1.82) is 0 Å². The van der Waals surface area contributed by atoms with E-state index in [1.807, 2.05) is 45.0 Å². The summed E-state index contributed by atoms with van der Waals surface area (Å²) in [6.07, 6.45) is 3.29. The second kappa shape index (κ2) is 7.87. The monoisotopic (exact) mass is 416 g/mol. The lowest BCUT2D eigenvalue weighted by atomic mass is 9.91. The van der Waals surface area contributed by atoms with Gasteiger partial charge in [0.25, 0.3) is 0 Å². The number of ketones is 1. The van der Waals surface area contributed by atoms with E-state index >= 15 is 0 Å². The molecule has 4 rings (SSSR count). The average Bonchev–Trinajstić information content (AvgIpc) is 2.74. The van der Waals surface area contributed by atoms with Crippen LogP contribution in [0.1, 0.15) is 63.8 Å². The maximum Gasteiger partial charge on any atom is 0.248 e. The molecule has 1 aliphatic rings. The fourth-order valence-electron chi connectivity index (χ4n) is 3.76. The molecule has 0 bridgehead atoms.